The van der Waals surface area contributed by atoms with Gasteiger partial charge in [0, 0.05) is 43.4 Å². The number of hydrogen-bond donors (Lipinski definition) is 2. The van der Waals surface area contributed by atoms with Gasteiger partial charge in [-0.2, -0.15) is 0 Å². The number of anilines is 3. The Balaban J connectivity index is 1.38. The van der Waals surface area contributed by atoms with Crippen LogP contribution in [-0.2, 0) is 4.79 Å². The summed E-state index contributed by atoms with van der Waals surface area (Å²) < 4.78 is 12.3. The lowest BCUT2D eigenvalue weighted by Crippen LogP contribution is -2.31. The number of nitrogens with zero attached hydrogens (tertiary/aromatic N) is 5. The summed E-state index contributed by atoms with van der Waals surface area (Å²) in [6, 6.07) is 7.70. The number of benzene rings is 1. The van der Waals surface area contributed by atoms with Gasteiger partial charge in [-0.25, -0.2) is 19.9 Å². The largest absolute Gasteiger partial charge is 0.489 e. The molecule has 2 unspecified atom stereocenters. The smallest absolute Gasteiger partial charge is 0.172 e. The van der Waals surface area contributed by atoms with E-state index in [2.05, 4.69) is 38.3 Å². The van der Waals surface area contributed by atoms with Gasteiger partial charge in [0.05, 0.1) is 12.1 Å². The fourth-order valence-electron chi connectivity index (χ4n) is 5.48. The molecule has 0 amide bonds. The van der Waals surface area contributed by atoms with Gasteiger partial charge >= 0.3 is 0 Å². The van der Waals surface area contributed by atoms with Gasteiger partial charge in [-0.3, -0.25) is 10.2 Å². The van der Waals surface area contributed by atoms with Crippen molar-refractivity contribution in [3.05, 3.63) is 73.3 Å². The molecular weight excluding hydrogens is 530 g/mol. The van der Waals surface area contributed by atoms with E-state index in [1.54, 1.807) is 12.2 Å². The van der Waals surface area contributed by atoms with Crippen LogP contribution < -0.4 is 19.7 Å². The van der Waals surface area contributed by atoms with Crippen LogP contribution in [0.2, 0.25) is 0 Å². The Kier molecular flexibility index (Phi) is 9.01. The molecule has 0 spiro atoms. The summed E-state index contributed by atoms with van der Waals surface area (Å²) in [6.07, 6.45) is 12.1. The number of allylic oxidation sites excluding steroid dienone is 3. The van der Waals surface area contributed by atoms with E-state index in [-0.39, 0.29) is 5.78 Å². The molecule has 2 N–H and O–H groups in total. The van der Waals surface area contributed by atoms with E-state index in [4.69, 9.17) is 19.9 Å². The van der Waals surface area contributed by atoms with Crippen LogP contribution in [-0.4, -0.2) is 53.0 Å². The Hall–Kier alpha value is -4.86. The topological polar surface area (TPSA) is 126 Å². The van der Waals surface area contributed by atoms with Crippen LogP contribution >= 0.6 is 0 Å². The molecule has 3 aromatic rings. The van der Waals surface area contributed by atoms with Gasteiger partial charge in [-0.05, 0) is 74.1 Å². The summed E-state index contributed by atoms with van der Waals surface area (Å²) in [5.74, 6) is 4.16. The molecule has 2 aliphatic heterocycles. The average Bonchev–Trinajstić information content (AvgIpc) is 3.31. The van der Waals surface area contributed by atoms with E-state index < -0.39 is 0 Å². The van der Waals surface area contributed by atoms with Gasteiger partial charge in [0.2, 0.25) is 0 Å². The summed E-state index contributed by atoms with van der Waals surface area (Å²) in [7, 11) is 0. The maximum absolute atomic E-state index is 11.9. The fourth-order valence-corrected chi connectivity index (χ4v) is 5.48. The molecule has 216 valence electrons. The molecule has 1 fully saturated rings. The Morgan fingerprint density at radius 2 is 2.17 bits per heavy atom. The summed E-state index contributed by atoms with van der Waals surface area (Å²) in [6.45, 7) is 11.6. The molecule has 5 rings (SSSR count). The van der Waals surface area contributed by atoms with Crippen LogP contribution in [0.1, 0.15) is 31.2 Å². The van der Waals surface area contributed by atoms with Gasteiger partial charge in [0.1, 0.15) is 29.7 Å². The van der Waals surface area contributed by atoms with E-state index in [9.17, 15) is 4.79 Å². The van der Waals surface area contributed by atoms with Crippen LogP contribution in [0.25, 0.3) is 11.0 Å². The summed E-state index contributed by atoms with van der Waals surface area (Å²) in [5, 5.41) is 10.4. The highest BCUT2D eigenvalue weighted by atomic mass is 16.5. The van der Waals surface area contributed by atoms with Crippen molar-refractivity contribution in [3.8, 4) is 11.5 Å². The molecule has 0 aliphatic carbocycles. The van der Waals surface area contributed by atoms with Crippen molar-refractivity contribution < 1.29 is 14.3 Å². The van der Waals surface area contributed by atoms with E-state index >= 15 is 0 Å². The van der Waals surface area contributed by atoms with Crippen molar-refractivity contribution in [1.82, 2.24) is 15.0 Å². The predicted molar refractivity (Wildman–Crippen MR) is 166 cm³/mol. The number of rotatable bonds is 11. The SMILES string of the molecule is C=CC(=O)CCC1CCCN2CC1COc1cc3ncnc(Nc4ccc(O/C(C=C)=C/C=NC=N)c(C)c4)c3nc12. The Morgan fingerprint density at radius 1 is 1.29 bits per heavy atom. The van der Waals surface area contributed by atoms with Gasteiger partial charge in [0.15, 0.2) is 23.2 Å². The molecule has 2 atom stereocenters. The second-order valence-electron chi connectivity index (χ2n) is 10.4. The molecule has 4 heterocycles. The number of ether oxygens (including phenoxy) is 2. The number of carbonyl (C=O) groups excluding carboxylic acids is 1. The van der Waals surface area contributed by atoms with Crippen molar-refractivity contribution >= 4 is 46.7 Å². The maximum Gasteiger partial charge on any atom is 0.172 e. The first-order valence-electron chi connectivity index (χ1n) is 14.1. The van der Waals surface area contributed by atoms with Crippen molar-refractivity contribution in [2.75, 3.05) is 29.9 Å². The predicted octanol–water partition coefficient (Wildman–Crippen LogP) is 5.96. The number of aliphatic imine (C=N–C) groups is 1. The standard InChI is InChI=1S/C32H35N7O3/c1-4-25(40)10-8-22-7-6-14-39-17-23(22)18-41-29-16-27-30(38-32(29)39)31(36-20-35-27)37-24-9-11-28(21(3)15-24)42-26(5-2)12-13-34-19-33/h4-5,9,11-13,15-16,19-20,22-23,33H,1-2,6-8,10,14,17-18H2,3H3,(H,35,36,37)/b26-12+,33-19?,34-13?. The zero-order valence-corrected chi connectivity index (χ0v) is 23.8. The van der Waals surface area contributed by atoms with Crippen LogP contribution in [0, 0.1) is 24.2 Å². The summed E-state index contributed by atoms with van der Waals surface area (Å²) in [5.41, 5.74) is 3.09. The van der Waals surface area contributed by atoms with Crippen molar-refractivity contribution in [3.63, 3.8) is 0 Å². The van der Waals surface area contributed by atoms with Gasteiger partial charge in [-0.15, -0.1) is 0 Å². The molecule has 1 saturated heterocycles. The molecule has 2 aliphatic rings. The molecule has 0 radical (unpaired) electrons. The van der Waals surface area contributed by atoms with Crippen molar-refractivity contribution in [2.45, 2.75) is 32.6 Å². The Morgan fingerprint density at radius 3 is 2.95 bits per heavy atom. The average molecular weight is 566 g/mol. The second kappa shape index (κ2) is 13.2. The van der Waals surface area contributed by atoms with Crippen molar-refractivity contribution in [1.29, 1.82) is 5.41 Å². The second-order valence-corrected chi connectivity index (χ2v) is 10.4. The Labute approximate surface area is 245 Å². The highest BCUT2D eigenvalue weighted by Gasteiger charge is 2.33. The number of hydrogen-bond acceptors (Lipinski definition) is 9. The molecular formula is C32H35N7O3. The molecule has 10 heteroatoms. The maximum atomic E-state index is 11.9. The van der Waals surface area contributed by atoms with Gasteiger partial charge in [0.25, 0.3) is 0 Å². The van der Waals surface area contributed by atoms with E-state index in [1.807, 2.05) is 31.2 Å². The lowest BCUT2D eigenvalue weighted by atomic mass is 9.85. The molecule has 2 aromatic heterocycles. The number of pyridine rings is 1. The van der Waals surface area contributed by atoms with Crippen LogP contribution in [0.5, 0.6) is 11.5 Å². The first-order valence-corrected chi connectivity index (χ1v) is 14.1. The number of nitrogens with one attached hydrogen (secondary N) is 2. The van der Waals surface area contributed by atoms with Crippen LogP contribution in [0.3, 0.4) is 0 Å². The third-order valence-corrected chi connectivity index (χ3v) is 7.69. The third-order valence-electron chi connectivity index (χ3n) is 7.69. The minimum atomic E-state index is 0.0984. The quantitative estimate of drug-likeness (QED) is 0.0959. The fraction of sp³-hybridized carbons (Fsp3) is 0.312. The molecule has 1 aromatic carbocycles. The monoisotopic (exact) mass is 565 g/mol. The summed E-state index contributed by atoms with van der Waals surface area (Å²) in [4.78, 5) is 32.0. The number of ketones is 1. The molecule has 10 nitrogen and oxygen atoms in total. The van der Waals surface area contributed by atoms with Gasteiger partial charge < -0.3 is 19.7 Å². The first kappa shape index (κ1) is 28.7. The normalized spacial score (nSPS) is 18.4. The lowest BCUT2D eigenvalue weighted by Gasteiger charge is -2.25. The van der Waals surface area contributed by atoms with Crippen LogP contribution in [0.15, 0.2) is 72.7 Å². The number of carbonyl (C=O) groups is 1. The minimum absolute atomic E-state index is 0.0984. The van der Waals surface area contributed by atoms with Crippen molar-refractivity contribution in [2.24, 2.45) is 16.8 Å². The lowest BCUT2D eigenvalue weighted by molar-refractivity contribution is -0.115. The Bertz CT molecular complexity index is 1570. The molecule has 0 saturated carbocycles. The highest BCUT2D eigenvalue weighted by molar-refractivity contribution is 5.90. The summed E-state index contributed by atoms with van der Waals surface area (Å²) >= 11 is 0. The van der Waals surface area contributed by atoms with Gasteiger partial charge in [-0.1, -0.05) is 13.2 Å². The van der Waals surface area contributed by atoms with Crippen LogP contribution in [0.4, 0.5) is 17.3 Å². The minimum Gasteiger partial charge on any atom is -0.489 e. The van der Waals surface area contributed by atoms with E-state index in [1.165, 1.54) is 18.6 Å². The highest BCUT2D eigenvalue weighted by Crippen LogP contribution is 2.39. The first-order chi connectivity index (χ1) is 20.5. The number of fused-ring (bicyclic) bond motifs is 5. The zero-order chi connectivity index (χ0) is 29.5. The third kappa shape index (κ3) is 6.54. The van der Waals surface area contributed by atoms with E-state index in [0.717, 1.165) is 61.5 Å². The molecule has 42 heavy (non-hydrogen) atoms. The number of aryl methyl sites for hydroxylation is 1. The number of aromatic nitrogens is 3. The molecule has 2 bridgehead atoms. The van der Waals surface area contributed by atoms with E-state index in [0.29, 0.717) is 53.2 Å². The zero-order valence-electron chi connectivity index (χ0n) is 23.8.